The average molecular weight is 524 g/mol. The van der Waals surface area contributed by atoms with E-state index in [-0.39, 0.29) is 12.1 Å². The number of benzene rings is 3. The summed E-state index contributed by atoms with van der Waals surface area (Å²) in [5.41, 5.74) is -2.65. The van der Waals surface area contributed by atoms with Gasteiger partial charge in [0.25, 0.3) is 0 Å². The molecule has 0 saturated heterocycles. The van der Waals surface area contributed by atoms with Gasteiger partial charge in [0.15, 0.2) is 58.2 Å². The monoisotopic (exact) mass is 524 g/mol. The Hall–Kier alpha value is -3.36. The highest BCUT2D eigenvalue weighted by Crippen LogP contribution is 2.47. The molecule has 174 valence electrons. The molecule has 0 atom stereocenters. The number of hydrogen-bond donors (Lipinski definition) is 0. The maximum absolute atomic E-state index is 15.0. The van der Waals surface area contributed by atoms with Gasteiger partial charge in [-0.15, -0.1) is 0 Å². The number of nitriles is 2. The molecule has 3 aromatic rings. The van der Waals surface area contributed by atoms with E-state index in [0.717, 1.165) is 12.1 Å². The predicted molar refractivity (Wildman–Crippen MR) is 96.6 cm³/mol. The molecule has 0 amide bonds. The normalized spacial score (nSPS) is 10.8. The second kappa shape index (κ2) is 9.48. The zero-order valence-electron chi connectivity index (χ0n) is 15.6. The average Bonchev–Trinajstić information content (AvgIpc) is 2.79. The summed E-state index contributed by atoms with van der Waals surface area (Å²) in [4.78, 5) is -5.89. The molecule has 0 bridgehead atoms. The number of halogens is 10. The maximum Gasteiger partial charge on any atom is 0.175 e. The highest BCUT2D eigenvalue weighted by Gasteiger charge is 2.31. The highest BCUT2D eigenvalue weighted by atomic mass is 32.2. The number of nitrogens with zero attached hydrogens (tertiary/aromatic N) is 2. The van der Waals surface area contributed by atoms with E-state index < -0.39 is 112 Å². The minimum absolute atomic E-state index is 0.193. The summed E-state index contributed by atoms with van der Waals surface area (Å²) in [5, 5.41) is 18.1. The van der Waals surface area contributed by atoms with Gasteiger partial charge in [0.1, 0.15) is 23.3 Å². The lowest BCUT2D eigenvalue weighted by Gasteiger charge is -2.16. The molecule has 0 spiro atoms. The summed E-state index contributed by atoms with van der Waals surface area (Å²) in [6, 6.07) is 1.82. The molecule has 0 unspecified atom stereocenters. The van der Waals surface area contributed by atoms with E-state index in [1.54, 1.807) is 0 Å². The van der Waals surface area contributed by atoms with Crippen molar-refractivity contribution < 1.29 is 43.9 Å². The first kappa shape index (κ1) is 25.3. The Balaban J connectivity index is 2.38. The first-order valence-corrected chi connectivity index (χ1v) is 9.94. The van der Waals surface area contributed by atoms with Crippen LogP contribution in [0.2, 0.25) is 0 Å². The fourth-order valence-electron chi connectivity index (χ4n) is 2.52. The van der Waals surface area contributed by atoms with E-state index in [4.69, 9.17) is 10.5 Å². The Bertz CT molecular complexity index is 1280. The molecule has 34 heavy (non-hydrogen) atoms. The summed E-state index contributed by atoms with van der Waals surface area (Å²) in [7, 11) is 0. The first-order valence-electron chi connectivity index (χ1n) is 8.31. The van der Waals surface area contributed by atoms with Gasteiger partial charge in [0, 0.05) is 12.1 Å². The standard InChI is InChI=1S/C20H2F10N2S2/c21-7-1-8(22)14(28)17(13(7)27)33-19-11(25)5(3-31)6(4-32)12(26)20(19)34-18-15(29)9(23)2-10(24)16(18)30/h1-2H. The summed E-state index contributed by atoms with van der Waals surface area (Å²) in [6.07, 6.45) is 0. The van der Waals surface area contributed by atoms with Crippen molar-refractivity contribution in [2.24, 2.45) is 0 Å². The van der Waals surface area contributed by atoms with Crippen molar-refractivity contribution in [3.8, 4) is 12.1 Å². The third-order valence-corrected chi connectivity index (χ3v) is 6.50. The van der Waals surface area contributed by atoms with Gasteiger partial charge in [-0.05, 0) is 0 Å². The quantitative estimate of drug-likeness (QED) is 0.269. The van der Waals surface area contributed by atoms with Crippen LogP contribution in [0, 0.1) is 80.8 Å². The zero-order valence-corrected chi connectivity index (χ0v) is 17.3. The van der Waals surface area contributed by atoms with Crippen LogP contribution in [0.15, 0.2) is 31.7 Å². The maximum atomic E-state index is 15.0. The van der Waals surface area contributed by atoms with Crippen molar-refractivity contribution in [2.45, 2.75) is 19.6 Å². The number of hydrogen-bond acceptors (Lipinski definition) is 4. The van der Waals surface area contributed by atoms with Crippen molar-refractivity contribution >= 4 is 23.5 Å². The molecular formula is C20H2F10N2S2. The van der Waals surface area contributed by atoms with Crippen LogP contribution in [-0.4, -0.2) is 0 Å². The molecule has 0 aliphatic carbocycles. The second-order valence-electron chi connectivity index (χ2n) is 6.06. The fraction of sp³-hybridized carbons (Fsp3) is 0. The third-order valence-electron chi connectivity index (χ3n) is 4.07. The molecule has 14 heteroatoms. The summed E-state index contributed by atoms with van der Waals surface area (Å²) < 4.78 is 141. The molecule has 0 fully saturated rings. The van der Waals surface area contributed by atoms with Gasteiger partial charge in [-0.2, -0.15) is 10.5 Å². The van der Waals surface area contributed by atoms with Crippen LogP contribution < -0.4 is 0 Å². The van der Waals surface area contributed by atoms with Gasteiger partial charge in [0.05, 0.1) is 19.6 Å². The van der Waals surface area contributed by atoms with Crippen LogP contribution in [0.25, 0.3) is 0 Å². The van der Waals surface area contributed by atoms with Crippen molar-refractivity contribution in [3.63, 3.8) is 0 Å². The van der Waals surface area contributed by atoms with Crippen LogP contribution in [0.1, 0.15) is 11.1 Å². The first-order chi connectivity index (χ1) is 15.9. The summed E-state index contributed by atoms with van der Waals surface area (Å²) >= 11 is -1.07. The molecule has 3 aromatic carbocycles. The predicted octanol–water partition coefficient (Wildman–Crippen LogP) is 7.12. The molecule has 3 rings (SSSR count). The topological polar surface area (TPSA) is 47.6 Å². The smallest absolute Gasteiger partial charge is 0.175 e. The Labute approximate surface area is 191 Å². The molecule has 0 N–H and O–H groups in total. The Morgan fingerprint density at radius 1 is 0.441 bits per heavy atom. The molecule has 0 aliphatic heterocycles. The Morgan fingerprint density at radius 2 is 0.706 bits per heavy atom. The van der Waals surface area contributed by atoms with E-state index in [1.165, 1.54) is 0 Å². The van der Waals surface area contributed by atoms with E-state index in [2.05, 4.69) is 0 Å². The highest BCUT2D eigenvalue weighted by molar-refractivity contribution is 8.02. The van der Waals surface area contributed by atoms with Crippen molar-refractivity contribution in [2.75, 3.05) is 0 Å². The van der Waals surface area contributed by atoms with Crippen molar-refractivity contribution in [3.05, 3.63) is 81.4 Å². The van der Waals surface area contributed by atoms with Gasteiger partial charge in [-0.1, -0.05) is 23.5 Å². The lowest BCUT2D eigenvalue weighted by molar-refractivity contribution is 0.425. The molecule has 0 radical (unpaired) electrons. The van der Waals surface area contributed by atoms with Crippen molar-refractivity contribution in [1.82, 2.24) is 0 Å². The van der Waals surface area contributed by atoms with Gasteiger partial charge >= 0.3 is 0 Å². The van der Waals surface area contributed by atoms with E-state index in [0.29, 0.717) is 0 Å². The van der Waals surface area contributed by atoms with Gasteiger partial charge < -0.3 is 0 Å². The SMILES string of the molecule is N#Cc1c(F)c(Sc2c(F)c(F)cc(F)c2F)c(Sc2c(F)c(F)cc(F)c2F)c(F)c1C#N. The summed E-state index contributed by atoms with van der Waals surface area (Å²) in [6.45, 7) is 0. The fourth-order valence-corrected chi connectivity index (χ4v) is 4.68. The second-order valence-corrected chi connectivity index (χ2v) is 8.10. The van der Waals surface area contributed by atoms with Crippen LogP contribution in [-0.2, 0) is 0 Å². The largest absolute Gasteiger partial charge is 0.204 e. The summed E-state index contributed by atoms with van der Waals surface area (Å²) in [5.74, 6) is -19.8. The van der Waals surface area contributed by atoms with Gasteiger partial charge in [0.2, 0.25) is 0 Å². The van der Waals surface area contributed by atoms with Gasteiger partial charge in [-0.3, -0.25) is 0 Å². The molecule has 0 aromatic heterocycles. The minimum atomic E-state index is -2.07. The molecule has 0 heterocycles. The Morgan fingerprint density at radius 3 is 0.941 bits per heavy atom. The van der Waals surface area contributed by atoms with E-state index in [1.807, 2.05) is 0 Å². The van der Waals surface area contributed by atoms with Crippen LogP contribution in [0.5, 0.6) is 0 Å². The third kappa shape index (κ3) is 4.15. The molecule has 0 aliphatic rings. The van der Waals surface area contributed by atoms with E-state index in [9.17, 15) is 35.1 Å². The number of rotatable bonds is 4. The lowest BCUT2D eigenvalue weighted by atomic mass is 10.1. The van der Waals surface area contributed by atoms with Crippen LogP contribution >= 0.6 is 23.5 Å². The van der Waals surface area contributed by atoms with Crippen LogP contribution in [0.3, 0.4) is 0 Å². The molecular weight excluding hydrogens is 522 g/mol. The van der Waals surface area contributed by atoms with Crippen LogP contribution in [0.4, 0.5) is 43.9 Å². The van der Waals surface area contributed by atoms with E-state index >= 15 is 8.78 Å². The molecule has 0 saturated carbocycles. The van der Waals surface area contributed by atoms with Gasteiger partial charge in [-0.25, -0.2) is 43.9 Å². The minimum Gasteiger partial charge on any atom is -0.204 e. The zero-order chi connectivity index (χ0) is 25.5. The Kier molecular flexibility index (Phi) is 7.05. The molecule has 2 nitrogen and oxygen atoms in total. The van der Waals surface area contributed by atoms with Crippen molar-refractivity contribution in [1.29, 1.82) is 10.5 Å². The lowest BCUT2D eigenvalue weighted by Crippen LogP contribution is -2.05.